The van der Waals surface area contributed by atoms with Crippen molar-refractivity contribution in [1.29, 1.82) is 0 Å². The van der Waals surface area contributed by atoms with Gasteiger partial charge in [0.2, 0.25) is 6.41 Å². The molecule has 1 aliphatic rings. The Labute approximate surface area is 111 Å². The van der Waals surface area contributed by atoms with Crippen molar-refractivity contribution in [2.75, 3.05) is 6.61 Å². The molecule has 1 atom stereocenters. The molecule has 3 heteroatoms. The summed E-state index contributed by atoms with van der Waals surface area (Å²) in [6.07, 6.45) is 0.712. The highest BCUT2D eigenvalue weighted by atomic mass is 16.3. The summed E-state index contributed by atoms with van der Waals surface area (Å²) < 4.78 is 0. The molecule has 2 aromatic carbocycles. The number of carbonyl (C=O) groups is 1. The van der Waals surface area contributed by atoms with Crippen molar-refractivity contribution >= 4 is 6.41 Å². The Bertz CT molecular complexity index is 622. The standard InChI is InChI=1S/C16H15NO2/c18-9-15-12-5-1-2-6-13(12)16-11(8-17-10-19)4-3-7-14(15)16/h1-7,10,15,18H,8-9H2,(H,17,19). The maximum Gasteiger partial charge on any atom is 0.207 e. The largest absolute Gasteiger partial charge is 0.395 e. The van der Waals surface area contributed by atoms with E-state index < -0.39 is 0 Å². The van der Waals surface area contributed by atoms with Crippen molar-refractivity contribution in [3.8, 4) is 11.1 Å². The van der Waals surface area contributed by atoms with Crippen LogP contribution in [0, 0.1) is 0 Å². The molecule has 0 saturated heterocycles. The fourth-order valence-electron chi connectivity index (χ4n) is 2.93. The van der Waals surface area contributed by atoms with Crippen LogP contribution in [-0.2, 0) is 11.3 Å². The Kier molecular flexibility index (Phi) is 3.05. The zero-order chi connectivity index (χ0) is 13.2. The molecule has 1 unspecified atom stereocenters. The zero-order valence-electron chi connectivity index (χ0n) is 10.5. The molecule has 96 valence electrons. The van der Waals surface area contributed by atoms with Crippen LogP contribution in [0.1, 0.15) is 22.6 Å². The minimum Gasteiger partial charge on any atom is -0.395 e. The molecular weight excluding hydrogens is 238 g/mol. The summed E-state index contributed by atoms with van der Waals surface area (Å²) in [7, 11) is 0. The van der Waals surface area contributed by atoms with Gasteiger partial charge in [-0.1, -0.05) is 42.5 Å². The minimum atomic E-state index is 0.0439. The van der Waals surface area contributed by atoms with Crippen molar-refractivity contribution < 1.29 is 9.90 Å². The first-order valence-corrected chi connectivity index (χ1v) is 6.35. The molecule has 0 saturated carbocycles. The normalized spacial score (nSPS) is 15.7. The van der Waals surface area contributed by atoms with Crippen LogP contribution in [0.2, 0.25) is 0 Å². The van der Waals surface area contributed by atoms with Gasteiger partial charge in [-0.3, -0.25) is 4.79 Å². The quantitative estimate of drug-likeness (QED) is 0.819. The van der Waals surface area contributed by atoms with Gasteiger partial charge in [0.05, 0.1) is 6.61 Å². The molecule has 0 aromatic heterocycles. The third-order valence-electron chi connectivity index (χ3n) is 3.72. The third kappa shape index (κ3) is 1.83. The molecule has 2 N–H and O–H groups in total. The molecule has 3 rings (SSSR count). The number of benzene rings is 2. The van der Waals surface area contributed by atoms with E-state index in [0.717, 1.165) is 16.7 Å². The monoisotopic (exact) mass is 253 g/mol. The maximum absolute atomic E-state index is 10.5. The number of rotatable bonds is 4. The lowest BCUT2D eigenvalue weighted by Crippen LogP contribution is -2.11. The summed E-state index contributed by atoms with van der Waals surface area (Å²) >= 11 is 0. The van der Waals surface area contributed by atoms with E-state index in [-0.39, 0.29) is 12.5 Å². The predicted molar refractivity (Wildman–Crippen MR) is 73.7 cm³/mol. The summed E-state index contributed by atoms with van der Waals surface area (Å²) in [5.74, 6) is 0.0439. The van der Waals surface area contributed by atoms with Crippen LogP contribution in [0.5, 0.6) is 0 Å². The van der Waals surface area contributed by atoms with Gasteiger partial charge in [0.15, 0.2) is 0 Å². The topological polar surface area (TPSA) is 49.3 Å². The molecule has 0 fully saturated rings. The Morgan fingerprint density at radius 1 is 1.11 bits per heavy atom. The molecule has 1 aliphatic carbocycles. The number of fused-ring (bicyclic) bond motifs is 3. The van der Waals surface area contributed by atoms with Gasteiger partial charge in [0.25, 0.3) is 0 Å². The third-order valence-corrected chi connectivity index (χ3v) is 3.72. The molecular formula is C16H15NO2. The molecule has 1 amide bonds. The zero-order valence-corrected chi connectivity index (χ0v) is 10.5. The van der Waals surface area contributed by atoms with Crippen molar-refractivity contribution in [3.05, 3.63) is 59.2 Å². The molecule has 0 spiro atoms. The first-order valence-electron chi connectivity index (χ1n) is 6.35. The number of aliphatic hydroxyl groups is 1. The van der Waals surface area contributed by atoms with Gasteiger partial charge in [0.1, 0.15) is 0 Å². The highest BCUT2D eigenvalue weighted by Gasteiger charge is 2.29. The smallest absolute Gasteiger partial charge is 0.207 e. The molecule has 0 aliphatic heterocycles. The van der Waals surface area contributed by atoms with Gasteiger partial charge in [-0.25, -0.2) is 0 Å². The van der Waals surface area contributed by atoms with Crippen LogP contribution in [-0.4, -0.2) is 18.1 Å². The van der Waals surface area contributed by atoms with Gasteiger partial charge in [-0.05, 0) is 27.8 Å². The van der Waals surface area contributed by atoms with Crippen LogP contribution in [0.15, 0.2) is 42.5 Å². The van der Waals surface area contributed by atoms with Crippen LogP contribution >= 0.6 is 0 Å². The highest BCUT2D eigenvalue weighted by Crippen LogP contribution is 2.45. The van der Waals surface area contributed by atoms with E-state index in [1.54, 1.807) is 0 Å². The molecule has 0 radical (unpaired) electrons. The number of hydrogen-bond donors (Lipinski definition) is 2. The molecule has 2 aromatic rings. The number of aliphatic hydroxyl groups excluding tert-OH is 1. The van der Waals surface area contributed by atoms with Crippen LogP contribution in [0.4, 0.5) is 0 Å². The second-order valence-electron chi connectivity index (χ2n) is 4.70. The number of nitrogens with one attached hydrogen (secondary N) is 1. The van der Waals surface area contributed by atoms with Crippen molar-refractivity contribution in [2.45, 2.75) is 12.5 Å². The number of hydrogen-bond acceptors (Lipinski definition) is 2. The SMILES string of the molecule is O=CNCc1cccc2c1-c1ccccc1C2CO. The van der Waals surface area contributed by atoms with Crippen molar-refractivity contribution in [1.82, 2.24) is 5.32 Å². The summed E-state index contributed by atoms with van der Waals surface area (Å²) in [6.45, 7) is 0.619. The van der Waals surface area contributed by atoms with Crippen molar-refractivity contribution in [2.24, 2.45) is 0 Å². The fraction of sp³-hybridized carbons (Fsp3) is 0.188. The van der Waals surface area contributed by atoms with Crippen molar-refractivity contribution in [3.63, 3.8) is 0 Å². The van der Waals surface area contributed by atoms with Gasteiger partial charge >= 0.3 is 0 Å². The number of carbonyl (C=O) groups excluding carboxylic acids is 1. The molecule has 19 heavy (non-hydrogen) atoms. The maximum atomic E-state index is 10.5. The fourth-order valence-corrected chi connectivity index (χ4v) is 2.93. The highest BCUT2D eigenvalue weighted by molar-refractivity contribution is 5.81. The Hall–Kier alpha value is -2.13. The van der Waals surface area contributed by atoms with Gasteiger partial charge in [-0.15, -0.1) is 0 Å². The van der Waals surface area contributed by atoms with E-state index in [4.69, 9.17) is 0 Å². The summed E-state index contributed by atoms with van der Waals surface area (Å²) in [4.78, 5) is 10.5. The number of amides is 1. The lowest BCUT2D eigenvalue weighted by Gasteiger charge is -2.11. The van der Waals surface area contributed by atoms with Crippen LogP contribution < -0.4 is 5.32 Å². The minimum absolute atomic E-state index is 0.0439. The lowest BCUT2D eigenvalue weighted by atomic mass is 9.96. The van der Waals surface area contributed by atoms with Gasteiger partial charge < -0.3 is 10.4 Å². The Balaban J connectivity index is 2.18. The molecule has 0 heterocycles. The van der Waals surface area contributed by atoms with E-state index in [9.17, 15) is 9.90 Å². The van der Waals surface area contributed by atoms with E-state index in [0.29, 0.717) is 13.0 Å². The van der Waals surface area contributed by atoms with Gasteiger partial charge in [-0.2, -0.15) is 0 Å². The summed E-state index contributed by atoms with van der Waals surface area (Å²) in [5.41, 5.74) is 5.73. The predicted octanol–water partition coefficient (Wildman–Crippen LogP) is 2.04. The van der Waals surface area contributed by atoms with Crippen LogP contribution in [0.25, 0.3) is 11.1 Å². The van der Waals surface area contributed by atoms with E-state index in [2.05, 4.69) is 23.5 Å². The first kappa shape index (κ1) is 11.9. The Morgan fingerprint density at radius 2 is 1.89 bits per heavy atom. The molecule has 3 nitrogen and oxygen atoms in total. The van der Waals surface area contributed by atoms with E-state index in [1.165, 1.54) is 11.1 Å². The average molecular weight is 253 g/mol. The summed E-state index contributed by atoms with van der Waals surface area (Å²) in [6, 6.07) is 14.2. The summed E-state index contributed by atoms with van der Waals surface area (Å²) in [5, 5.41) is 12.4. The first-order chi connectivity index (χ1) is 9.36. The lowest BCUT2D eigenvalue weighted by molar-refractivity contribution is -0.109. The van der Waals surface area contributed by atoms with Gasteiger partial charge in [0, 0.05) is 12.5 Å². The van der Waals surface area contributed by atoms with E-state index >= 15 is 0 Å². The van der Waals surface area contributed by atoms with E-state index in [1.807, 2.05) is 24.3 Å². The second-order valence-corrected chi connectivity index (χ2v) is 4.70. The average Bonchev–Trinajstić information content (AvgIpc) is 2.79. The Morgan fingerprint density at radius 3 is 2.68 bits per heavy atom. The molecule has 0 bridgehead atoms. The second kappa shape index (κ2) is 4.86. The van der Waals surface area contributed by atoms with Crippen LogP contribution in [0.3, 0.4) is 0 Å².